The maximum Gasteiger partial charge on any atom is 0.322 e. The van der Waals surface area contributed by atoms with Crippen LogP contribution in [0.25, 0.3) is 0 Å². The maximum absolute atomic E-state index is 13.0. The molecule has 0 radical (unpaired) electrons. The predicted molar refractivity (Wildman–Crippen MR) is 66.1 cm³/mol. The third-order valence-electron chi connectivity index (χ3n) is 3.04. The van der Waals surface area contributed by atoms with Crippen molar-refractivity contribution >= 4 is 11.9 Å². The van der Waals surface area contributed by atoms with Gasteiger partial charge in [-0.3, -0.25) is 9.59 Å². The van der Waals surface area contributed by atoms with Gasteiger partial charge in [-0.25, -0.2) is 4.39 Å². The predicted octanol–water partition coefficient (Wildman–Crippen LogP) is 0.459. The van der Waals surface area contributed by atoms with E-state index in [1.54, 1.807) is 6.07 Å². The fourth-order valence-corrected chi connectivity index (χ4v) is 2.07. The van der Waals surface area contributed by atoms with Crippen molar-refractivity contribution in [3.8, 4) is 0 Å². The topological polar surface area (TPSA) is 67.4 Å². The minimum Gasteiger partial charge on any atom is -0.468 e. The molecule has 0 aliphatic carbocycles. The van der Waals surface area contributed by atoms with Crippen molar-refractivity contribution in [2.45, 2.75) is 18.5 Å². The van der Waals surface area contributed by atoms with E-state index in [1.807, 2.05) is 0 Å². The average molecular weight is 266 g/mol. The van der Waals surface area contributed by atoms with Gasteiger partial charge in [-0.1, -0.05) is 6.07 Å². The lowest BCUT2D eigenvalue weighted by atomic mass is 10.1. The molecule has 0 spiro atoms. The molecule has 0 unspecified atom stereocenters. The van der Waals surface area contributed by atoms with Gasteiger partial charge in [0.25, 0.3) is 5.91 Å². The number of halogens is 1. The summed E-state index contributed by atoms with van der Waals surface area (Å²) in [5.41, 5.74) is 0.265. The molecular formula is C13H15FN2O3. The largest absolute Gasteiger partial charge is 0.468 e. The van der Waals surface area contributed by atoms with E-state index in [-0.39, 0.29) is 23.5 Å². The number of esters is 1. The Morgan fingerprint density at radius 3 is 2.95 bits per heavy atom. The van der Waals surface area contributed by atoms with Gasteiger partial charge in [0.05, 0.1) is 7.11 Å². The Balaban J connectivity index is 1.92. The third kappa shape index (κ3) is 3.29. The van der Waals surface area contributed by atoms with Gasteiger partial charge in [-0.05, 0) is 24.6 Å². The van der Waals surface area contributed by atoms with Crippen LogP contribution in [0.1, 0.15) is 16.8 Å². The maximum atomic E-state index is 13.0. The number of hydrogen-bond acceptors (Lipinski definition) is 4. The summed E-state index contributed by atoms with van der Waals surface area (Å²) in [6, 6.07) is 4.91. The first-order chi connectivity index (χ1) is 9.10. The molecule has 19 heavy (non-hydrogen) atoms. The SMILES string of the molecule is COC(=O)[C@@H]1C[C@H](NC(=O)c2cccc(F)c2)CN1. The number of methoxy groups -OCH3 is 1. The summed E-state index contributed by atoms with van der Waals surface area (Å²) in [6.45, 7) is 0.487. The summed E-state index contributed by atoms with van der Waals surface area (Å²) < 4.78 is 17.6. The standard InChI is InChI=1S/C13H15FN2O3/c1-19-13(18)11-6-10(7-15-11)16-12(17)8-3-2-4-9(14)5-8/h2-5,10-11,15H,6-7H2,1H3,(H,16,17)/t10-,11-/m0/s1. The molecule has 1 fully saturated rings. The summed E-state index contributed by atoms with van der Waals surface area (Å²) >= 11 is 0. The fraction of sp³-hybridized carbons (Fsp3) is 0.385. The third-order valence-corrected chi connectivity index (χ3v) is 3.04. The van der Waals surface area contributed by atoms with Gasteiger partial charge < -0.3 is 15.4 Å². The van der Waals surface area contributed by atoms with Crippen molar-refractivity contribution in [3.63, 3.8) is 0 Å². The Labute approximate surface area is 110 Å². The first-order valence-electron chi connectivity index (χ1n) is 5.98. The molecule has 1 heterocycles. The highest BCUT2D eigenvalue weighted by Gasteiger charge is 2.30. The number of carbonyl (C=O) groups excluding carboxylic acids is 2. The molecule has 1 saturated heterocycles. The Morgan fingerprint density at radius 2 is 2.26 bits per heavy atom. The Hall–Kier alpha value is -1.95. The van der Waals surface area contributed by atoms with Crippen LogP contribution in [0.5, 0.6) is 0 Å². The second-order valence-corrected chi connectivity index (χ2v) is 4.40. The van der Waals surface area contributed by atoms with Crippen molar-refractivity contribution in [1.29, 1.82) is 0 Å². The smallest absolute Gasteiger partial charge is 0.322 e. The number of ether oxygens (including phenoxy) is 1. The van der Waals surface area contributed by atoms with Crippen LogP contribution < -0.4 is 10.6 Å². The first-order valence-corrected chi connectivity index (χ1v) is 5.98. The van der Waals surface area contributed by atoms with Gasteiger partial charge in [-0.15, -0.1) is 0 Å². The van der Waals surface area contributed by atoms with Gasteiger partial charge >= 0.3 is 5.97 Å². The minimum absolute atomic E-state index is 0.167. The van der Waals surface area contributed by atoms with Crippen LogP contribution in [-0.2, 0) is 9.53 Å². The van der Waals surface area contributed by atoms with E-state index in [0.717, 1.165) is 0 Å². The highest BCUT2D eigenvalue weighted by Crippen LogP contribution is 2.10. The number of amides is 1. The second kappa shape index (κ2) is 5.79. The summed E-state index contributed by atoms with van der Waals surface area (Å²) in [5, 5.41) is 5.72. The zero-order valence-corrected chi connectivity index (χ0v) is 10.5. The van der Waals surface area contributed by atoms with Crippen molar-refractivity contribution in [3.05, 3.63) is 35.6 Å². The quantitative estimate of drug-likeness (QED) is 0.780. The van der Waals surface area contributed by atoms with Gasteiger partial charge in [-0.2, -0.15) is 0 Å². The molecule has 1 aliphatic rings. The van der Waals surface area contributed by atoms with Gasteiger partial charge in [0.15, 0.2) is 0 Å². The van der Waals surface area contributed by atoms with Crippen LogP contribution in [0.2, 0.25) is 0 Å². The molecule has 6 heteroatoms. The van der Waals surface area contributed by atoms with Crippen LogP contribution in [0.4, 0.5) is 4.39 Å². The summed E-state index contributed by atoms with van der Waals surface area (Å²) in [4.78, 5) is 23.2. The van der Waals surface area contributed by atoms with E-state index in [4.69, 9.17) is 0 Å². The van der Waals surface area contributed by atoms with Crippen molar-refractivity contribution < 1.29 is 18.7 Å². The van der Waals surface area contributed by atoms with Crippen molar-refractivity contribution in [2.75, 3.05) is 13.7 Å². The number of hydrogen-bond donors (Lipinski definition) is 2. The lowest BCUT2D eigenvalue weighted by Crippen LogP contribution is -2.36. The number of rotatable bonds is 3. The van der Waals surface area contributed by atoms with Gasteiger partial charge in [0.1, 0.15) is 11.9 Å². The van der Waals surface area contributed by atoms with Crippen molar-refractivity contribution in [2.24, 2.45) is 0 Å². The zero-order chi connectivity index (χ0) is 13.8. The van der Waals surface area contributed by atoms with E-state index >= 15 is 0 Å². The molecule has 1 amide bonds. The van der Waals surface area contributed by atoms with Crippen LogP contribution >= 0.6 is 0 Å². The van der Waals surface area contributed by atoms with E-state index in [1.165, 1.54) is 25.3 Å². The monoisotopic (exact) mass is 266 g/mol. The molecule has 2 rings (SSSR count). The summed E-state index contributed by atoms with van der Waals surface area (Å²) in [6.07, 6.45) is 0.466. The fourth-order valence-electron chi connectivity index (χ4n) is 2.07. The molecule has 0 aromatic heterocycles. The van der Waals surface area contributed by atoms with Crippen molar-refractivity contribution in [1.82, 2.24) is 10.6 Å². The highest BCUT2D eigenvalue weighted by atomic mass is 19.1. The molecule has 1 aromatic rings. The molecule has 0 saturated carbocycles. The number of nitrogens with one attached hydrogen (secondary N) is 2. The molecule has 5 nitrogen and oxygen atoms in total. The highest BCUT2D eigenvalue weighted by molar-refractivity contribution is 5.94. The lowest BCUT2D eigenvalue weighted by Gasteiger charge is -2.11. The normalized spacial score (nSPS) is 22.0. The number of carbonyl (C=O) groups is 2. The van der Waals surface area contributed by atoms with Crippen LogP contribution in [0.15, 0.2) is 24.3 Å². The van der Waals surface area contributed by atoms with Crippen LogP contribution in [0.3, 0.4) is 0 Å². The van der Waals surface area contributed by atoms with E-state index in [0.29, 0.717) is 13.0 Å². The molecule has 102 valence electrons. The summed E-state index contributed by atoms with van der Waals surface area (Å²) in [7, 11) is 1.32. The Morgan fingerprint density at radius 1 is 1.47 bits per heavy atom. The number of benzene rings is 1. The zero-order valence-electron chi connectivity index (χ0n) is 10.5. The first kappa shape index (κ1) is 13.5. The van der Waals surface area contributed by atoms with E-state index < -0.39 is 11.9 Å². The molecule has 2 N–H and O–H groups in total. The molecule has 0 bridgehead atoms. The Bertz CT molecular complexity index is 493. The van der Waals surface area contributed by atoms with E-state index in [2.05, 4.69) is 15.4 Å². The van der Waals surface area contributed by atoms with Crippen LogP contribution in [-0.4, -0.2) is 37.6 Å². The van der Waals surface area contributed by atoms with Gasteiger partial charge in [0, 0.05) is 18.2 Å². The molecular weight excluding hydrogens is 251 g/mol. The molecule has 2 atom stereocenters. The average Bonchev–Trinajstić information content (AvgIpc) is 2.86. The second-order valence-electron chi connectivity index (χ2n) is 4.40. The minimum atomic E-state index is -0.454. The van der Waals surface area contributed by atoms with E-state index in [9.17, 15) is 14.0 Å². The molecule has 1 aliphatic heterocycles. The summed E-state index contributed by atoms with van der Waals surface area (Å²) in [5.74, 6) is -1.15. The lowest BCUT2D eigenvalue weighted by molar-refractivity contribution is -0.142. The molecule has 1 aromatic carbocycles. The van der Waals surface area contributed by atoms with Gasteiger partial charge in [0.2, 0.25) is 0 Å². The Kier molecular flexibility index (Phi) is 4.11. The van der Waals surface area contributed by atoms with Crippen LogP contribution in [0, 0.1) is 5.82 Å².